The molecule has 1 aliphatic rings. The van der Waals surface area contributed by atoms with Gasteiger partial charge in [0.25, 0.3) is 0 Å². The molecule has 1 saturated heterocycles. The standard InChI is InChI=1S/C7H8N2O3/c1-9-5(3-2-4-8)6(10)12-7(9)11/h5H,2-3H2,1H3/t5-/m0/s1. The molecule has 0 radical (unpaired) electrons. The Morgan fingerprint density at radius 1 is 1.67 bits per heavy atom. The first-order chi connectivity index (χ1) is 5.66. The van der Waals surface area contributed by atoms with Crippen LogP contribution in [0.2, 0.25) is 0 Å². The number of ether oxygens (including phenoxy) is 1. The largest absolute Gasteiger partial charge is 0.418 e. The van der Waals surface area contributed by atoms with Gasteiger partial charge in [0.1, 0.15) is 6.04 Å². The van der Waals surface area contributed by atoms with E-state index in [0.717, 1.165) is 0 Å². The van der Waals surface area contributed by atoms with Crippen LogP contribution < -0.4 is 0 Å². The molecule has 1 amide bonds. The van der Waals surface area contributed by atoms with Crippen molar-refractivity contribution in [1.82, 2.24) is 4.90 Å². The van der Waals surface area contributed by atoms with Crippen molar-refractivity contribution in [3.8, 4) is 6.07 Å². The van der Waals surface area contributed by atoms with E-state index in [1.807, 2.05) is 6.07 Å². The fraction of sp³-hybridized carbons (Fsp3) is 0.571. The van der Waals surface area contributed by atoms with Crippen LogP contribution in [0, 0.1) is 11.3 Å². The maximum absolute atomic E-state index is 10.9. The van der Waals surface area contributed by atoms with Crippen LogP contribution in [0.15, 0.2) is 0 Å². The quantitative estimate of drug-likeness (QED) is 0.438. The summed E-state index contributed by atoms with van der Waals surface area (Å²) in [5.41, 5.74) is 0. The number of cyclic esters (lactones) is 2. The highest BCUT2D eigenvalue weighted by Gasteiger charge is 2.37. The summed E-state index contributed by atoms with van der Waals surface area (Å²) in [5.74, 6) is -0.558. The van der Waals surface area contributed by atoms with Gasteiger partial charge in [-0.05, 0) is 6.42 Å². The molecule has 1 fully saturated rings. The van der Waals surface area contributed by atoms with Crippen molar-refractivity contribution in [3.05, 3.63) is 0 Å². The lowest BCUT2D eigenvalue weighted by molar-refractivity contribution is -0.135. The van der Waals surface area contributed by atoms with Crippen molar-refractivity contribution in [1.29, 1.82) is 5.26 Å². The number of nitrogens with zero attached hydrogens (tertiary/aromatic N) is 2. The number of carbonyl (C=O) groups is 2. The van der Waals surface area contributed by atoms with E-state index in [0.29, 0.717) is 6.42 Å². The summed E-state index contributed by atoms with van der Waals surface area (Å²) in [6.45, 7) is 0. The van der Waals surface area contributed by atoms with Gasteiger partial charge < -0.3 is 4.74 Å². The molecule has 1 atom stereocenters. The highest BCUT2D eigenvalue weighted by molar-refractivity contribution is 5.95. The minimum absolute atomic E-state index is 0.247. The summed E-state index contributed by atoms with van der Waals surface area (Å²) in [4.78, 5) is 22.9. The van der Waals surface area contributed by atoms with E-state index in [-0.39, 0.29) is 6.42 Å². The zero-order valence-corrected chi connectivity index (χ0v) is 6.61. The van der Waals surface area contributed by atoms with Crippen LogP contribution in [0.25, 0.3) is 0 Å². The lowest BCUT2D eigenvalue weighted by Crippen LogP contribution is -2.30. The first kappa shape index (κ1) is 8.53. The molecule has 1 aliphatic heterocycles. The van der Waals surface area contributed by atoms with Crippen molar-refractivity contribution >= 4 is 12.1 Å². The number of hydrogen-bond donors (Lipinski definition) is 0. The summed E-state index contributed by atoms with van der Waals surface area (Å²) in [6, 6.07) is 1.33. The van der Waals surface area contributed by atoms with Crippen LogP contribution in [0.5, 0.6) is 0 Å². The van der Waals surface area contributed by atoms with Gasteiger partial charge in [-0.15, -0.1) is 0 Å². The van der Waals surface area contributed by atoms with E-state index in [4.69, 9.17) is 5.26 Å². The number of amides is 1. The van der Waals surface area contributed by atoms with E-state index in [2.05, 4.69) is 4.74 Å². The molecule has 0 bridgehead atoms. The second-order valence-corrected chi connectivity index (χ2v) is 2.51. The maximum Gasteiger partial charge on any atom is 0.418 e. The third-order valence-corrected chi connectivity index (χ3v) is 1.75. The number of likely N-dealkylation sites (N-methyl/N-ethyl adjacent to an activating group) is 1. The summed E-state index contributed by atoms with van der Waals surface area (Å²) in [7, 11) is 1.48. The Labute approximate surface area is 69.5 Å². The zero-order valence-electron chi connectivity index (χ0n) is 6.61. The molecule has 0 aromatic rings. The SMILES string of the molecule is CN1C(=O)OC(=O)[C@@H]1CCC#N. The number of hydrogen-bond acceptors (Lipinski definition) is 4. The molecule has 0 aromatic carbocycles. The molecule has 0 spiro atoms. The van der Waals surface area contributed by atoms with Crippen molar-refractivity contribution in [2.24, 2.45) is 0 Å². The minimum Gasteiger partial charge on any atom is -0.375 e. The average Bonchev–Trinajstić information content (AvgIpc) is 2.25. The van der Waals surface area contributed by atoms with Gasteiger partial charge in [0, 0.05) is 13.5 Å². The number of carbonyl (C=O) groups excluding carboxylic acids is 2. The lowest BCUT2D eigenvalue weighted by atomic mass is 10.1. The fourth-order valence-electron chi connectivity index (χ4n) is 1.02. The van der Waals surface area contributed by atoms with E-state index >= 15 is 0 Å². The Morgan fingerprint density at radius 2 is 2.33 bits per heavy atom. The molecule has 0 aromatic heterocycles. The van der Waals surface area contributed by atoms with Gasteiger partial charge in [0.2, 0.25) is 0 Å². The van der Waals surface area contributed by atoms with E-state index in [9.17, 15) is 9.59 Å². The van der Waals surface area contributed by atoms with Gasteiger partial charge in [0.15, 0.2) is 0 Å². The van der Waals surface area contributed by atoms with Crippen LogP contribution in [0.1, 0.15) is 12.8 Å². The predicted octanol–water partition coefficient (Wildman–Crippen LogP) is 0.267. The summed E-state index contributed by atoms with van der Waals surface area (Å²) >= 11 is 0. The van der Waals surface area contributed by atoms with Gasteiger partial charge in [-0.25, -0.2) is 9.59 Å². The molecule has 0 unspecified atom stereocenters. The number of nitriles is 1. The minimum atomic E-state index is -0.636. The predicted molar refractivity (Wildman–Crippen MR) is 37.9 cm³/mol. The molecule has 1 rings (SSSR count). The van der Waals surface area contributed by atoms with Crippen LogP contribution in [-0.4, -0.2) is 30.1 Å². The molecule has 0 aliphatic carbocycles. The van der Waals surface area contributed by atoms with Gasteiger partial charge in [-0.3, -0.25) is 4.90 Å². The van der Waals surface area contributed by atoms with Gasteiger partial charge in [-0.1, -0.05) is 0 Å². The number of esters is 1. The van der Waals surface area contributed by atoms with Crippen LogP contribution in [-0.2, 0) is 9.53 Å². The molecular formula is C7H8N2O3. The normalized spacial score (nSPS) is 22.3. The van der Waals surface area contributed by atoms with Crippen molar-refractivity contribution in [2.45, 2.75) is 18.9 Å². The maximum atomic E-state index is 10.9. The molecule has 12 heavy (non-hydrogen) atoms. The van der Waals surface area contributed by atoms with Crippen LogP contribution >= 0.6 is 0 Å². The topological polar surface area (TPSA) is 70.4 Å². The Hall–Kier alpha value is -1.57. The van der Waals surface area contributed by atoms with E-state index in [1.165, 1.54) is 11.9 Å². The van der Waals surface area contributed by atoms with E-state index in [1.54, 1.807) is 0 Å². The average molecular weight is 168 g/mol. The fourth-order valence-corrected chi connectivity index (χ4v) is 1.02. The first-order valence-corrected chi connectivity index (χ1v) is 3.52. The molecular weight excluding hydrogens is 160 g/mol. The Morgan fingerprint density at radius 3 is 2.75 bits per heavy atom. The van der Waals surface area contributed by atoms with Crippen molar-refractivity contribution in [3.63, 3.8) is 0 Å². The monoisotopic (exact) mass is 168 g/mol. The Kier molecular flexibility index (Phi) is 2.29. The van der Waals surface area contributed by atoms with Crippen LogP contribution in [0.3, 0.4) is 0 Å². The molecule has 1 heterocycles. The summed E-state index contributed by atoms with van der Waals surface area (Å²) in [5, 5.41) is 8.26. The highest BCUT2D eigenvalue weighted by Crippen LogP contribution is 2.15. The van der Waals surface area contributed by atoms with Crippen molar-refractivity contribution < 1.29 is 14.3 Å². The number of rotatable bonds is 2. The molecule has 64 valence electrons. The second kappa shape index (κ2) is 3.22. The van der Waals surface area contributed by atoms with Gasteiger partial charge in [-0.2, -0.15) is 5.26 Å². The molecule has 5 heteroatoms. The third-order valence-electron chi connectivity index (χ3n) is 1.75. The third kappa shape index (κ3) is 1.37. The van der Waals surface area contributed by atoms with Crippen LogP contribution in [0.4, 0.5) is 4.79 Å². The summed E-state index contributed by atoms with van der Waals surface area (Å²) < 4.78 is 4.32. The van der Waals surface area contributed by atoms with Gasteiger partial charge in [0.05, 0.1) is 6.07 Å². The molecule has 0 saturated carbocycles. The second-order valence-electron chi connectivity index (χ2n) is 2.51. The lowest BCUT2D eigenvalue weighted by Gasteiger charge is -2.11. The first-order valence-electron chi connectivity index (χ1n) is 3.52. The zero-order chi connectivity index (χ0) is 9.14. The molecule has 0 N–H and O–H groups in total. The van der Waals surface area contributed by atoms with E-state index < -0.39 is 18.1 Å². The smallest absolute Gasteiger partial charge is 0.375 e. The highest BCUT2D eigenvalue weighted by atomic mass is 16.6. The van der Waals surface area contributed by atoms with Crippen molar-refractivity contribution in [2.75, 3.05) is 7.05 Å². The van der Waals surface area contributed by atoms with Gasteiger partial charge >= 0.3 is 12.1 Å². The molecule has 5 nitrogen and oxygen atoms in total. The Bertz CT molecular complexity index is 256. The Balaban J connectivity index is 2.59. The summed E-state index contributed by atoms with van der Waals surface area (Å²) in [6.07, 6.45) is -0.0439.